The second kappa shape index (κ2) is 10.1. The van der Waals surface area contributed by atoms with Crippen molar-refractivity contribution in [2.45, 2.75) is 39.5 Å². The molecule has 0 radical (unpaired) electrons. The van der Waals surface area contributed by atoms with Crippen LogP contribution in [0.1, 0.15) is 59.7 Å². The van der Waals surface area contributed by atoms with Crippen LogP contribution in [0, 0.1) is 24.2 Å². The first-order chi connectivity index (χ1) is 14.9. The predicted molar refractivity (Wildman–Crippen MR) is 120 cm³/mol. The quantitative estimate of drug-likeness (QED) is 0.732. The van der Waals surface area contributed by atoms with Crippen LogP contribution in [0.3, 0.4) is 0 Å². The Morgan fingerprint density at radius 2 is 1.84 bits per heavy atom. The molecule has 0 bridgehead atoms. The molecule has 1 aliphatic rings. The van der Waals surface area contributed by atoms with Crippen molar-refractivity contribution >= 4 is 17.7 Å². The minimum absolute atomic E-state index is 0.0307. The molecule has 0 spiro atoms. The maximum Gasteiger partial charge on any atom is 0.411 e. The summed E-state index contributed by atoms with van der Waals surface area (Å²) in [4.78, 5) is 26.9. The van der Waals surface area contributed by atoms with E-state index in [2.05, 4.69) is 11.4 Å². The van der Waals surface area contributed by atoms with Gasteiger partial charge < -0.3 is 9.64 Å². The van der Waals surface area contributed by atoms with Crippen LogP contribution in [0.15, 0.2) is 42.5 Å². The third-order valence-electron chi connectivity index (χ3n) is 5.56. The second-order valence-corrected chi connectivity index (χ2v) is 8.45. The number of aryl methyl sites for hydroxylation is 1. The zero-order valence-electron chi connectivity index (χ0n) is 18.4. The Hall–Kier alpha value is -3.33. The van der Waals surface area contributed by atoms with Crippen LogP contribution in [0.25, 0.3) is 0 Å². The average Bonchev–Trinajstić information content (AvgIpc) is 2.79. The molecular formula is C25H29N3O3. The number of anilines is 1. The lowest BCUT2D eigenvalue weighted by Gasteiger charge is -2.32. The molecule has 0 saturated carbocycles. The zero-order chi connectivity index (χ0) is 22.4. The maximum absolute atomic E-state index is 13.0. The monoisotopic (exact) mass is 419 g/mol. The summed E-state index contributed by atoms with van der Waals surface area (Å²) >= 11 is 0. The molecule has 6 heteroatoms. The maximum atomic E-state index is 13.0. The van der Waals surface area contributed by atoms with E-state index in [1.165, 1.54) is 5.56 Å². The van der Waals surface area contributed by atoms with E-state index >= 15 is 0 Å². The van der Waals surface area contributed by atoms with Gasteiger partial charge in [-0.3, -0.25) is 10.1 Å². The Kier molecular flexibility index (Phi) is 7.30. The molecule has 162 valence electrons. The van der Waals surface area contributed by atoms with E-state index in [0.29, 0.717) is 42.4 Å². The van der Waals surface area contributed by atoms with Gasteiger partial charge in [-0.15, -0.1) is 0 Å². The highest BCUT2D eigenvalue weighted by Crippen LogP contribution is 2.29. The molecule has 2 amide bonds. The van der Waals surface area contributed by atoms with Crippen molar-refractivity contribution in [1.29, 1.82) is 5.26 Å². The summed E-state index contributed by atoms with van der Waals surface area (Å²) in [7, 11) is 0. The fourth-order valence-corrected chi connectivity index (χ4v) is 3.71. The molecule has 0 aliphatic carbocycles. The number of nitrogens with one attached hydrogen (secondary N) is 1. The summed E-state index contributed by atoms with van der Waals surface area (Å²) in [6, 6.07) is 15.2. The Bertz CT molecular complexity index is 968. The number of hydrogen-bond acceptors (Lipinski definition) is 4. The number of benzene rings is 2. The lowest BCUT2D eigenvalue weighted by atomic mass is 9.89. The van der Waals surface area contributed by atoms with Crippen molar-refractivity contribution in [3.8, 4) is 6.07 Å². The van der Waals surface area contributed by atoms with Crippen LogP contribution >= 0.6 is 0 Å². The second-order valence-electron chi connectivity index (χ2n) is 8.45. The van der Waals surface area contributed by atoms with Crippen molar-refractivity contribution in [2.24, 2.45) is 5.92 Å². The first-order valence-electron chi connectivity index (χ1n) is 10.7. The summed E-state index contributed by atoms with van der Waals surface area (Å²) in [5.74, 6) is 0.617. The van der Waals surface area contributed by atoms with E-state index in [1.54, 1.807) is 12.1 Å². The molecule has 1 N–H and O–H groups in total. The molecule has 2 aromatic carbocycles. The fourth-order valence-electron chi connectivity index (χ4n) is 3.71. The van der Waals surface area contributed by atoms with Gasteiger partial charge in [0.1, 0.15) is 0 Å². The molecule has 31 heavy (non-hydrogen) atoms. The van der Waals surface area contributed by atoms with Crippen LogP contribution in [-0.2, 0) is 4.74 Å². The average molecular weight is 420 g/mol. The summed E-state index contributed by atoms with van der Waals surface area (Å²) in [5, 5.41) is 11.7. The molecule has 1 saturated heterocycles. The topological polar surface area (TPSA) is 82.4 Å². The van der Waals surface area contributed by atoms with Gasteiger partial charge in [-0.25, -0.2) is 4.79 Å². The molecule has 1 aliphatic heterocycles. The Labute approximate surface area is 183 Å². The van der Waals surface area contributed by atoms with E-state index in [4.69, 9.17) is 10.00 Å². The van der Waals surface area contributed by atoms with Gasteiger partial charge in [0.2, 0.25) is 0 Å². The molecule has 0 atom stereocenters. The van der Waals surface area contributed by atoms with Gasteiger partial charge in [0.05, 0.1) is 18.2 Å². The summed E-state index contributed by atoms with van der Waals surface area (Å²) in [6.45, 7) is 7.53. The van der Waals surface area contributed by atoms with Crippen LogP contribution in [-0.4, -0.2) is 36.6 Å². The molecule has 3 rings (SSSR count). The molecule has 6 nitrogen and oxygen atoms in total. The number of piperidine rings is 1. The van der Waals surface area contributed by atoms with Crippen LogP contribution in [0.4, 0.5) is 10.5 Å². The molecule has 1 heterocycles. The number of likely N-dealkylation sites (tertiary alicyclic amines) is 1. The summed E-state index contributed by atoms with van der Waals surface area (Å²) < 4.78 is 5.18. The van der Waals surface area contributed by atoms with Gasteiger partial charge in [0.15, 0.2) is 0 Å². The minimum atomic E-state index is -0.510. The lowest BCUT2D eigenvalue weighted by Crippen LogP contribution is -2.38. The van der Waals surface area contributed by atoms with Gasteiger partial charge >= 0.3 is 6.09 Å². The van der Waals surface area contributed by atoms with E-state index in [0.717, 1.165) is 18.4 Å². The Balaban J connectivity index is 1.61. The largest absolute Gasteiger partial charge is 0.449 e. The minimum Gasteiger partial charge on any atom is -0.449 e. The number of amides is 2. The van der Waals surface area contributed by atoms with E-state index in [-0.39, 0.29) is 11.8 Å². The van der Waals surface area contributed by atoms with Crippen LogP contribution < -0.4 is 5.32 Å². The highest BCUT2D eigenvalue weighted by atomic mass is 16.5. The first kappa shape index (κ1) is 22.4. The van der Waals surface area contributed by atoms with E-state index in [9.17, 15) is 9.59 Å². The third kappa shape index (κ3) is 5.85. The number of carbonyl (C=O) groups excluding carboxylic acids is 2. The Morgan fingerprint density at radius 1 is 1.16 bits per heavy atom. The van der Waals surface area contributed by atoms with Crippen molar-refractivity contribution in [1.82, 2.24) is 4.90 Å². The zero-order valence-corrected chi connectivity index (χ0v) is 18.4. The first-order valence-corrected chi connectivity index (χ1v) is 10.7. The predicted octanol–water partition coefficient (Wildman–Crippen LogP) is 5.09. The van der Waals surface area contributed by atoms with Crippen molar-refractivity contribution in [3.05, 3.63) is 64.7 Å². The molecule has 0 aromatic heterocycles. The molecule has 0 unspecified atom stereocenters. The standard InChI is InChI=1S/C25H29N3O3/c1-17(2)16-31-25(30)27-23-14-22(7-4-18(23)3)24(29)28-12-10-21(11-13-28)20-8-5-19(15-26)6-9-20/h4-9,14,17,21H,10-13,16H2,1-3H3,(H,27,30). The van der Waals surface area contributed by atoms with Gasteiger partial charge in [-0.05, 0) is 67.0 Å². The molecule has 1 fully saturated rings. The highest BCUT2D eigenvalue weighted by molar-refractivity contribution is 5.96. The van der Waals surface area contributed by atoms with Crippen LogP contribution in [0.2, 0.25) is 0 Å². The van der Waals surface area contributed by atoms with Crippen molar-refractivity contribution in [2.75, 3.05) is 25.0 Å². The normalized spacial score (nSPS) is 14.2. The fraction of sp³-hybridized carbons (Fsp3) is 0.400. The van der Waals surface area contributed by atoms with Crippen LogP contribution in [0.5, 0.6) is 0 Å². The van der Waals surface area contributed by atoms with E-state index in [1.807, 2.05) is 56.0 Å². The third-order valence-corrected chi connectivity index (χ3v) is 5.56. The van der Waals surface area contributed by atoms with Crippen molar-refractivity contribution < 1.29 is 14.3 Å². The summed E-state index contributed by atoms with van der Waals surface area (Å²) in [6.07, 6.45) is 1.26. The molecular weight excluding hydrogens is 390 g/mol. The number of hydrogen-bond donors (Lipinski definition) is 1. The van der Waals surface area contributed by atoms with Gasteiger partial charge in [-0.2, -0.15) is 5.26 Å². The smallest absolute Gasteiger partial charge is 0.411 e. The van der Waals surface area contributed by atoms with E-state index < -0.39 is 6.09 Å². The van der Waals surface area contributed by atoms with Gasteiger partial charge in [0.25, 0.3) is 5.91 Å². The van der Waals surface area contributed by atoms with Gasteiger partial charge in [-0.1, -0.05) is 32.0 Å². The number of nitrogens with zero attached hydrogens (tertiary/aromatic N) is 2. The van der Waals surface area contributed by atoms with Crippen molar-refractivity contribution in [3.63, 3.8) is 0 Å². The van der Waals surface area contributed by atoms with Gasteiger partial charge in [0, 0.05) is 24.3 Å². The highest BCUT2D eigenvalue weighted by Gasteiger charge is 2.25. The summed E-state index contributed by atoms with van der Waals surface area (Å²) in [5.41, 5.74) is 3.90. The number of rotatable bonds is 5. The number of nitriles is 1. The Morgan fingerprint density at radius 3 is 2.45 bits per heavy atom. The number of carbonyl (C=O) groups is 2. The molecule has 2 aromatic rings. The lowest BCUT2D eigenvalue weighted by molar-refractivity contribution is 0.0713. The SMILES string of the molecule is Cc1ccc(C(=O)N2CCC(c3ccc(C#N)cc3)CC2)cc1NC(=O)OCC(C)C. The number of ether oxygens (including phenoxy) is 1.